The number of aromatic nitrogens is 4. The number of nitro benzene ring substituents is 1. The van der Waals surface area contributed by atoms with E-state index >= 15 is 0 Å². The zero-order valence-corrected chi connectivity index (χ0v) is 25.3. The number of carbonyl (C=O) groups is 2. The Morgan fingerprint density at radius 2 is 1.95 bits per heavy atom. The fourth-order valence-corrected chi connectivity index (χ4v) is 5.92. The van der Waals surface area contributed by atoms with Gasteiger partial charge >= 0.3 is 0 Å². The molecule has 0 fully saturated rings. The zero-order chi connectivity index (χ0) is 29.7. The minimum atomic E-state index is -0.469. The third-order valence-corrected chi connectivity index (χ3v) is 8.18. The largest absolute Gasteiger partial charge is 0.342 e. The van der Waals surface area contributed by atoms with Crippen LogP contribution in [0.5, 0.6) is 0 Å². The van der Waals surface area contributed by atoms with Crippen LogP contribution < -0.4 is 10.6 Å². The third-order valence-electron chi connectivity index (χ3n) is 5.90. The van der Waals surface area contributed by atoms with Crippen LogP contribution in [0.25, 0.3) is 11.3 Å². The smallest absolute Gasteiger partial charge is 0.270 e. The Hall–Kier alpha value is -3.52. The molecule has 0 unspecified atom stereocenters. The fourth-order valence-electron chi connectivity index (χ4n) is 3.88. The number of hydrogen-bond acceptors (Lipinski definition) is 9. The molecule has 214 valence electrons. The van der Waals surface area contributed by atoms with Crippen molar-refractivity contribution in [3.63, 3.8) is 0 Å². The van der Waals surface area contributed by atoms with Gasteiger partial charge in [-0.25, -0.2) is 4.98 Å². The first-order chi connectivity index (χ1) is 19.6. The lowest BCUT2D eigenvalue weighted by Crippen LogP contribution is -2.34. The summed E-state index contributed by atoms with van der Waals surface area (Å²) >= 11 is 14.6. The number of anilines is 1. The number of nitrogens with zero attached hydrogens (tertiary/aromatic N) is 5. The number of thiazole rings is 1. The van der Waals surface area contributed by atoms with Gasteiger partial charge in [0, 0.05) is 34.6 Å². The summed E-state index contributed by atoms with van der Waals surface area (Å²) in [6, 6.07) is 10.4. The molecule has 15 heteroatoms. The van der Waals surface area contributed by atoms with Crippen molar-refractivity contribution >= 4 is 68.9 Å². The van der Waals surface area contributed by atoms with Crippen LogP contribution in [0.15, 0.2) is 53.0 Å². The van der Waals surface area contributed by atoms with Gasteiger partial charge in [-0.2, -0.15) is 0 Å². The van der Waals surface area contributed by atoms with E-state index in [9.17, 15) is 19.7 Å². The molecule has 4 aromatic rings. The van der Waals surface area contributed by atoms with E-state index in [1.165, 1.54) is 41.3 Å². The van der Waals surface area contributed by atoms with Crippen molar-refractivity contribution in [2.75, 3.05) is 11.1 Å². The van der Waals surface area contributed by atoms with E-state index in [-0.39, 0.29) is 34.2 Å². The number of hydrogen-bond donors (Lipinski definition) is 2. The summed E-state index contributed by atoms with van der Waals surface area (Å²) in [6.45, 7) is 6.36. The van der Waals surface area contributed by atoms with Crippen LogP contribution in [-0.4, -0.2) is 42.2 Å². The maximum Gasteiger partial charge on any atom is 0.270 e. The Kier molecular flexibility index (Phi) is 9.97. The maximum absolute atomic E-state index is 13.0. The summed E-state index contributed by atoms with van der Waals surface area (Å²) < 4.78 is 1.86. The SMILES string of the molecule is CCn1c(SCC(=O)Nc2nc(-c3cccc([N+](=O)[O-])c3)cs2)nnc1[C@H](NC(=O)c1ccc(Cl)cc1Cl)C(C)C. The molecule has 2 amide bonds. The van der Waals surface area contributed by atoms with Gasteiger partial charge in [0.1, 0.15) is 0 Å². The molecule has 1 atom stereocenters. The van der Waals surface area contributed by atoms with Crippen LogP contribution in [-0.2, 0) is 11.3 Å². The molecule has 2 aromatic carbocycles. The molecule has 2 N–H and O–H groups in total. The second kappa shape index (κ2) is 13.4. The number of thioether (sulfide) groups is 1. The Morgan fingerprint density at radius 1 is 1.17 bits per heavy atom. The van der Waals surface area contributed by atoms with Crippen LogP contribution in [0.2, 0.25) is 10.0 Å². The van der Waals surface area contributed by atoms with Crippen LogP contribution >= 0.6 is 46.3 Å². The molecular formula is C26H25Cl2N7O4S2. The second-order valence-electron chi connectivity index (χ2n) is 9.09. The van der Waals surface area contributed by atoms with Gasteiger partial charge in [-0.1, -0.05) is 60.9 Å². The van der Waals surface area contributed by atoms with Gasteiger partial charge in [0.2, 0.25) is 5.91 Å². The van der Waals surface area contributed by atoms with Crippen molar-refractivity contribution < 1.29 is 14.5 Å². The summed E-state index contributed by atoms with van der Waals surface area (Å²) in [5.74, 6) is -0.0786. The molecule has 41 heavy (non-hydrogen) atoms. The third kappa shape index (κ3) is 7.41. The van der Waals surface area contributed by atoms with Crippen molar-refractivity contribution in [2.24, 2.45) is 5.92 Å². The molecule has 0 bridgehead atoms. The monoisotopic (exact) mass is 633 g/mol. The van der Waals surface area contributed by atoms with Crippen molar-refractivity contribution in [2.45, 2.75) is 38.5 Å². The van der Waals surface area contributed by atoms with E-state index in [2.05, 4.69) is 25.8 Å². The Morgan fingerprint density at radius 3 is 2.63 bits per heavy atom. The first-order valence-corrected chi connectivity index (χ1v) is 15.0. The highest BCUT2D eigenvalue weighted by atomic mass is 35.5. The molecule has 0 aliphatic heterocycles. The van der Waals surface area contributed by atoms with E-state index in [0.717, 1.165) is 0 Å². The zero-order valence-electron chi connectivity index (χ0n) is 22.1. The van der Waals surface area contributed by atoms with E-state index in [1.807, 2.05) is 25.3 Å². The lowest BCUT2D eigenvalue weighted by atomic mass is 10.0. The molecule has 11 nitrogen and oxygen atoms in total. The summed E-state index contributed by atoms with van der Waals surface area (Å²) in [4.78, 5) is 40.7. The fraction of sp³-hybridized carbons (Fsp3) is 0.269. The first kappa shape index (κ1) is 30.4. The highest BCUT2D eigenvalue weighted by Gasteiger charge is 2.27. The summed E-state index contributed by atoms with van der Waals surface area (Å²) in [5, 5.41) is 28.7. The molecule has 0 saturated heterocycles. The van der Waals surface area contributed by atoms with E-state index < -0.39 is 11.0 Å². The number of amides is 2. The number of non-ortho nitro benzene ring substituents is 1. The normalized spacial score (nSPS) is 11.9. The Labute approximate surface area is 253 Å². The minimum absolute atomic E-state index is 0.0224. The number of nitro groups is 1. The van der Waals surface area contributed by atoms with Gasteiger partial charge in [-0.3, -0.25) is 19.7 Å². The van der Waals surface area contributed by atoms with Crippen molar-refractivity contribution in [1.82, 2.24) is 25.1 Å². The first-order valence-electron chi connectivity index (χ1n) is 12.4. The van der Waals surface area contributed by atoms with Gasteiger partial charge in [-0.05, 0) is 31.0 Å². The molecular weight excluding hydrogens is 609 g/mol. The molecule has 0 saturated carbocycles. The number of nitrogens with one attached hydrogen (secondary N) is 2. The molecule has 0 spiro atoms. The van der Waals surface area contributed by atoms with Crippen LogP contribution in [0, 0.1) is 16.0 Å². The Balaban J connectivity index is 1.42. The van der Waals surface area contributed by atoms with Crippen LogP contribution in [0.1, 0.15) is 43.0 Å². The van der Waals surface area contributed by atoms with Crippen molar-refractivity contribution in [1.29, 1.82) is 0 Å². The maximum atomic E-state index is 13.0. The van der Waals surface area contributed by atoms with Gasteiger partial charge in [0.05, 0.1) is 33.0 Å². The molecule has 0 aliphatic carbocycles. The van der Waals surface area contributed by atoms with Crippen LogP contribution in [0.4, 0.5) is 10.8 Å². The van der Waals surface area contributed by atoms with E-state index in [4.69, 9.17) is 23.2 Å². The number of benzene rings is 2. The number of carbonyl (C=O) groups excluding carboxylic acids is 2. The van der Waals surface area contributed by atoms with Crippen molar-refractivity contribution in [3.05, 3.63) is 79.4 Å². The number of rotatable bonds is 11. The topological polar surface area (TPSA) is 145 Å². The highest BCUT2D eigenvalue weighted by molar-refractivity contribution is 7.99. The average Bonchev–Trinajstić information content (AvgIpc) is 3.57. The molecule has 0 aliphatic rings. The predicted octanol–water partition coefficient (Wildman–Crippen LogP) is 6.49. The minimum Gasteiger partial charge on any atom is -0.342 e. The van der Waals surface area contributed by atoms with Crippen LogP contribution in [0.3, 0.4) is 0 Å². The lowest BCUT2D eigenvalue weighted by Gasteiger charge is -2.22. The van der Waals surface area contributed by atoms with E-state index in [1.54, 1.807) is 29.6 Å². The van der Waals surface area contributed by atoms with Gasteiger partial charge < -0.3 is 15.2 Å². The van der Waals surface area contributed by atoms with Gasteiger partial charge in [0.15, 0.2) is 16.1 Å². The summed E-state index contributed by atoms with van der Waals surface area (Å²) in [7, 11) is 0. The highest BCUT2D eigenvalue weighted by Crippen LogP contribution is 2.29. The van der Waals surface area contributed by atoms with Crippen molar-refractivity contribution in [3.8, 4) is 11.3 Å². The Bertz CT molecular complexity index is 1590. The lowest BCUT2D eigenvalue weighted by molar-refractivity contribution is -0.384. The van der Waals surface area contributed by atoms with Gasteiger partial charge in [0.25, 0.3) is 11.6 Å². The summed E-state index contributed by atoms with van der Waals surface area (Å²) in [5.41, 5.74) is 1.37. The molecule has 2 heterocycles. The summed E-state index contributed by atoms with van der Waals surface area (Å²) in [6.07, 6.45) is 0. The molecule has 2 aromatic heterocycles. The van der Waals surface area contributed by atoms with Gasteiger partial charge in [-0.15, -0.1) is 21.5 Å². The van der Waals surface area contributed by atoms with E-state index in [0.29, 0.717) is 44.5 Å². The number of halogens is 2. The standard InChI is InChI=1S/C26H25Cl2N7O4S2/c1-4-34-23(22(14(2)3)31-24(37)18-9-8-16(27)11-19(18)28)32-33-26(34)41-13-21(36)30-25-29-20(12-40-25)15-6-5-7-17(10-15)35(38)39/h5-12,14,22H,4,13H2,1-3H3,(H,31,37)(H,29,30,36)/t22-/m1/s1. The quantitative estimate of drug-likeness (QED) is 0.108. The second-order valence-corrected chi connectivity index (χ2v) is 11.7. The predicted molar refractivity (Wildman–Crippen MR) is 161 cm³/mol. The average molecular weight is 635 g/mol. The molecule has 4 rings (SSSR count). The molecule has 0 radical (unpaired) electrons.